The summed E-state index contributed by atoms with van der Waals surface area (Å²) < 4.78 is 6.04. The lowest BCUT2D eigenvalue weighted by molar-refractivity contribution is -0.120. The minimum Gasteiger partial charge on any atom is -0.390 e. The van der Waals surface area contributed by atoms with E-state index in [0.717, 1.165) is 51.4 Å². The van der Waals surface area contributed by atoms with E-state index in [1.807, 2.05) is 33.8 Å². The predicted octanol–water partition coefficient (Wildman–Crippen LogP) is 6.62. The second kappa shape index (κ2) is 15.6. The van der Waals surface area contributed by atoms with E-state index in [1.54, 1.807) is 6.92 Å². The van der Waals surface area contributed by atoms with Gasteiger partial charge < -0.3 is 20.1 Å². The SMILES string of the molecule is CCOC1C(CCC(C)CCCC(C)(O)CCCC(C)(O)CCCC(C)C(C)=O)=CC(O)C(C)C1C. The zero-order valence-corrected chi connectivity index (χ0v) is 24.7. The van der Waals surface area contributed by atoms with Crippen LogP contribution in [0.15, 0.2) is 11.6 Å². The van der Waals surface area contributed by atoms with Crippen molar-refractivity contribution in [2.45, 2.75) is 149 Å². The van der Waals surface area contributed by atoms with Crippen molar-refractivity contribution in [3.05, 3.63) is 11.6 Å². The first-order valence-corrected chi connectivity index (χ1v) is 14.6. The Balaban J connectivity index is 2.35. The van der Waals surface area contributed by atoms with E-state index in [1.165, 1.54) is 5.57 Å². The Morgan fingerprint density at radius 1 is 0.944 bits per heavy atom. The normalized spacial score (nSPS) is 27.6. The Labute approximate surface area is 222 Å². The quantitative estimate of drug-likeness (QED) is 0.180. The van der Waals surface area contributed by atoms with Gasteiger partial charge in [0.05, 0.1) is 23.4 Å². The molecule has 0 aromatic heterocycles. The Bertz CT molecular complexity index is 668. The summed E-state index contributed by atoms with van der Waals surface area (Å²) in [5.41, 5.74) is -0.200. The lowest BCUT2D eigenvalue weighted by Gasteiger charge is -2.37. The molecule has 0 aromatic rings. The molecular formula is C31H58O5. The Morgan fingerprint density at radius 3 is 2.00 bits per heavy atom. The predicted molar refractivity (Wildman–Crippen MR) is 149 cm³/mol. The monoisotopic (exact) mass is 510 g/mol. The molecular weight excluding hydrogens is 452 g/mol. The van der Waals surface area contributed by atoms with Crippen LogP contribution in [-0.2, 0) is 9.53 Å². The highest BCUT2D eigenvalue weighted by atomic mass is 16.5. The molecule has 0 fully saturated rings. The van der Waals surface area contributed by atoms with Crippen LogP contribution in [0.3, 0.4) is 0 Å². The molecule has 0 saturated carbocycles. The number of hydrogen-bond acceptors (Lipinski definition) is 5. The molecule has 0 heterocycles. The van der Waals surface area contributed by atoms with Crippen LogP contribution in [0.5, 0.6) is 0 Å². The van der Waals surface area contributed by atoms with Crippen molar-refractivity contribution in [3.8, 4) is 0 Å². The molecule has 3 N–H and O–H groups in total. The molecule has 212 valence electrons. The van der Waals surface area contributed by atoms with Crippen molar-refractivity contribution in [1.82, 2.24) is 0 Å². The summed E-state index contributed by atoms with van der Waals surface area (Å²) >= 11 is 0. The molecule has 5 heteroatoms. The van der Waals surface area contributed by atoms with Crippen molar-refractivity contribution in [1.29, 1.82) is 0 Å². The van der Waals surface area contributed by atoms with Crippen LogP contribution < -0.4 is 0 Å². The van der Waals surface area contributed by atoms with Gasteiger partial charge in [0, 0.05) is 12.5 Å². The minimum atomic E-state index is -0.739. The molecule has 0 radical (unpaired) electrons. The average Bonchev–Trinajstić information content (AvgIpc) is 2.77. The topological polar surface area (TPSA) is 87.0 Å². The molecule has 8 unspecified atom stereocenters. The van der Waals surface area contributed by atoms with Crippen LogP contribution in [0, 0.1) is 23.7 Å². The van der Waals surface area contributed by atoms with Gasteiger partial charge in [-0.2, -0.15) is 0 Å². The lowest BCUT2D eigenvalue weighted by atomic mass is 9.76. The van der Waals surface area contributed by atoms with Crippen molar-refractivity contribution < 1.29 is 24.9 Å². The van der Waals surface area contributed by atoms with Crippen LogP contribution >= 0.6 is 0 Å². The minimum absolute atomic E-state index is 0.0632. The maximum atomic E-state index is 11.4. The average molecular weight is 511 g/mol. The Kier molecular flexibility index (Phi) is 14.4. The van der Waals surface area contributed by atoms with Crippen LogP contribution in [0.2, 0.25) is 0 Å². The van der Waals surface area contributed by atoms with E-state index in [2.05, 4.69) is 20.8 Å². The number of carbonyl (C=O) groups excluding carboxylic acids is 1. The number of ether oxygens (including phenoxy) is 1. The van der Waals surface area contributed by atoms with E-state index in [-0.39, 0.29) is 29.8 Å². The molecule has 0 spiro atoms. The molecule has 1 aliphatic carbocycles. The van der Waals surface area contributed by atoms with E-state index in [9.17, 15) is 20.1 Å². The zero-order chi connectivity index (χ0) is 27.5. The fourth-order valence-electron chi connectivity index (χ4n) is 5.54. The summed E-state index contributed by atoms with van der Waals surface area (Å²) in [4.78, 5) is 11.4. The molecule has 1 aliphatic rings. The molecule has 0 bridgehead atoms. The number of Topliss-reactive ketones (excluding diaryl/α,β-unsaturated/α-hetero) is 1. The van der Waals surface area contributed by atoms with Gasteiger partial charge in [0.2, 0.25) is 0 Å². The number of aliphatic hydroxyl groups excluding tert-OH is 1. The number of aliphatic hydroxyl groups is 3. The van der Waals surface area contributed by atoms with Crippen LogP contribution in [0.1, 0.15) is 126 Å². The molecule has 0 aliphatic heterocycles. The number of hydrogen-bond donors (Lipinski definition) is 3. The zero-order valence-electron chi connectivity index (χ0n) is 24.7. The van der Waals surface area contributed by atoms with Crippen LogP contribution in [0.4, 0.5) is 0 Å². The second-order valence-corrected chi connectivity index (χ2v) is 12.6. The number of rotatable bonds is 18. The number of ketones is 1. The molecule has 0 aromatic carbocycles. The summed E-state index contributed by atoms with van der Waals surface area (Å²) in [6, 6.07) is 0. The van der Waals surface area contributed by atoms with Gasteiger partial charge in [-0.1, -0.05) is 46.6 Å². The van der Waals surface area contributed by atoms with Crippen LogP contribution in [0.25, 0.3) is 0 Å². The fraction of sp³-hybridized carbons (Fsp3) is 0.903. The van der Waals surface area contributed by atoms with Gasteiger partial charge in [-0.3, -0.25) is 4.79 Å². The standard InChI is InChI=1S/C31H58O5/c1-9-36-29-25(5)24(4)28(33)21-27(29)16-15-22(2)13-10-17-30(7,34)19-12-20-31(8,35)18-11-14-23(3)26(6)32/h21-25,28-29,33-35H,9-20H2,1-8H3. The third kappa shape index (κ3) is 12.2. The van der Waals surface area contributed by atoms with E-state index < -0.39 is 11.2 Å². The van der Waals surface area contributed by atoms with Gasteiger partial charge in [0.15, 0.2) is 0 Å². The van der Waals surface area contributed by atoms with E-state index in [4.69, 9.17) is 4.74 Å². The second-order valence-electron chi connectivity index (χ2n) is 12.6. The van der Waals surface area contributed by atoms with E-state index >= 15 is 0 Å². The van der Waals surface area contributed by atoms with E-state index in [0.29, 0.717) is 37.7 Å². The van der Waals surface area contributed by atoms with Gasteiger partial charge in [0.1, 0.15) is 5.78 Å². The Morgan fingerprint density at radius 2 is 1.47 bits per heavy atom. The third-order valence-corrected chi connectivity index (χ3v) is 8.76. The largest absolute Gasteiger partial charge is 0.390 e. The molecule has 1 rings (SSSR count). The van der Waals surface area contributed by atoms with Gasteiger partial charge in [-0.15, -0.1) is 0 Å². The van der Waals surface area contributed by atoms with Gasteiger partial charge in [0.25, 0.3) is 0 Å². The summed E-state index contributed by atoms with van der Waals surface area (Å²) in [5, 5.41) is 32.0. The smallest absolute Gasteiger partial charge is 0.132 e. The molecule has 8 atom stereocenters. The van der Waals surface area contributed by atoms with Crippen molar-refractivity contribution in [3.63, 3.8) is 0 Å². The van der Waals surface area contributed by atoms with Crippen molar-refractivity contribution in [2.75, 3.05) is 6.61 Å². The molecule has 5 nitrogen and oxygen atoms in total. The first-order valence-electron chi connectivity index (χ1n) is 14.6. The maximum Gasteiger partial charge on any atom is 0.132 e. The highest BCUT2D eigenvalue weighted by Gasteiger charge is 2.34. The van der Waals surface area contributed by atoms with Crippen molar-refractivity contribution in [2.24, 2.45) is 23.7 Å². The summed E-state index contributed by atoms with van der Waals surface area (Å²) in [6.45, 7) is 16.7. The summed E-state index contributed by atoms with van der Waals surface area (Å²) in [7, 11) is 0. The number of carbonyl (C=O) groups is 1. The molecule has 36 heavy (non-hydrogen) atoms. The molecule has 0 amide bonds. The lowest BCUT2D eigenvalue weighted by Crippen LogP contribution is -2.39. The maximum absolute atomic E-state index is 11.4. The van der Waals surface area contributed by atoms with Crippen molar-refractivity contribution >= 4 is 5.78 Å². The Hall–Kier alpha value is -0.750. The third-order valence-electron chi connectivity index (χ3n) is 8.76. The van der Waals surface area contributed by atoms with Gasteiger partial charge in [-0.25, -0.2) is 0 Å². The first-order chi connectivity index (χ1) is 16.7. The summed E-state index contributed by atoms with van der Waals surface area (Å²) in [5.74, 6) is 1.35. The first kappa shape index (κ1) is 33.3. The van der Waals surface area contributed by atoms with Crippen LogP contribution in [-0.4, -0.2) is 51.1 Å². The molecule has 0 saturated heterocycles. The van der Waals surface area contributed by atoms with Gasteiger partial charge in [-0.05, 0) is 109 Å². The highest BCUT2D eigenvalue weighted by molar-refractivity contribution is 5.77. The van der Waals surface area contributed by atoms with Gasteiger partial charge >= 0.3 is 0 Å². The highest BCUT2D eigenvalue weighted by Crippen LogP contribution is 2.35. The summed E-state index contributed by atoms with van der Waals surface area (Å²) in [6.07, 6.45) is 11.1. The fourth-order valence-corrected chi connectivity index (χ4v) is 5.54.